The van der Waals surface area contributed by atoms with Crippen molar-refractivity contribution in [2.45, 2.75) is 33.6 Å². The Hall–Kier alpha value is -4.20. The molecule has 0 atom stereocenters. The number of rotatable bonds is 9. The van der Waals surface area contributed by atoms with Crippen LogP contribution in [0.1, 0.15) is 30.9 Å². The molecule has 0 spiro atoms. The standard InChI is InChI=1S/C34H33Cl2N3O4/c1-5-39(12-6-7-32(40)43-34-26(35)13-19(2)14-27(34)36)28-18-29(41-4)25(15-20(28)3)33-23-10-8-21(37)16-30(23)42-31-17-22(38)9-11-24(31)33/h8-11,13-18,37H,5-7,12,38H2,1-4H3. The summed E-state index contributed by atoms with van der Waals surface area (Å²) in [6, 6.07) is 18.6. The average molecular weight is 619 g/mol. The van der Waals surface area contributed by atoms with E-state index in [0.717, 1.165) is 45.4 Å². The first-order valence-corrected chi connectivity index (χ1v) is 14.8. The number of nitrogen functional groups attached to an aromatic ring is 1. The first-order chi connectivity index (χ1) is 20.6. The number of halogens is 2. The van der Waals surface area contributed by atoms with E-state index in [4.69, 9.17) is 48.2 Å². The van der Waals surface area contributed by atoms with Gasteiger partial charge in [-0.2, -0.15) is 0 Å². The maximum Gasteiger partial charge on any atom is 0.311 e. The van der Waals surface area contributed by atoms with Crippen molar-refractivity contribution in [2.24, 2.45) is 0 Å². The summed E-state index contributed by atoms with van der Waals surface area (Å²) in [5.41, 5.74) is 13.0. The fraction of sp³-hybridized carbons (Fsp3) is 0.235. The number of esters is 1. The molecule has 1 heterocycles. The molecule has 222 valence electrons. The van der Waals surface area contributed by atoms with Crippen LogP contribution in [0.15, 0.2) is 65.1 Å². The lowest BCUT2D eigenvalue weighted by molar-refractivity contribution is -0.134. The molecule has 1 aliphatic heterocycles. The Morgan fingerprint density at radius 3 is 2.44 bits per heavy atom. The number of hydrogen-bond donors (Lipinski definition) is 2. The number of aryl methyl sites for hydroxylation is 2. The average Bonchev–Trinajstić information content (AvgIpc) is 2.96. The minimum atomic E-state index is -0.391. The number of methoxy groups -OCH3 is 1. The van der Waals surface area contributed by atoms with Crippen LogP contribution in [0.25, 0.3) is 33.4 Å². The SMILES string of the molecule is CCN(CCCC(=O)Oc1c(Cl)cc(C)cc1Cl)c1cc(OC)c(-c2c3ccc(=N)cc-3oc3cc(N)ccc23)cc1C. The van der Waals surface area contributed by atoms with E-state index >= 15 is 0 Å². The van der Waals surface area contributed by atoms with Gasteiger partial charge in [0.05, 0.1) is 22.5 Å². The molecule has 7 nitrogen and oxygen atoms in total. The molecule has 5 rings (SSSR count). The number of ether oxygens (including phenoxy) is 2. The molecular formula is C34H33Cl2N3O4. The Labute approximate surface area is 260 Å². The molecule has 0 radical (unpaired) electrons. The van der Waals surface area contributed by atoms with Crippen molar-refractivity contribution in [3.8, 4) is 33.9 Å². The molecule has 0 bridgehead atoms. The Morgan fingerprint density at radius 2 is 1.74 bits per heavy atom. The molecule has 0 saturated heterocycles. The van der Waals surface area contributed by atoms with E-state index in [9.17, 15) is 4.79 Å². The van der Waals surface area contributed by atoms with Gasteiger partial charge in [-0.05, 0) is 80.8 Å². The van der Waals surface area contributed by atoms with Gasteiger partial charge < -0.3 is 29.9 Å². The third-order valence-corrected chi connectivity index (χ3v) is 7.98. The van der Waals surface area contributed by atoms with Gasteiger partial charge in [-0.1, -0.05) is 23.2 Å². The number of carbonyl (C=O) groups excluding carboxylic acids is 1. The van der Waals surface area contributed by atoms with Crippen LogP contribution in [-0.2, 0) is 4.79 Å². The van der Waals surface area contributed by atoms with E-state index < -0.39 is 5.97 Å². The van der Waals surface area contributed by atoms with Crippen molar-refractivity contribution in [3.63, 3.8) is 0 Å². The Morgan fingerprint density at radius 1 is 1.00 bits per heavy atom. The summed E-state index contributed by atoms with van der Waals surface area (Å²) in [4.78, 5) is 14.8. The smallest absolute Gasteiger partial charge is 0.311 e. The van der Waals surface area contributed by atoms with E-state index in [1.807, 2.05) is 31.2 Å². The van der Waals surface area contributed by atoms with Crippen LogP contribution in [0.3, 0.4) is 0 Å². The number of carbonyl (C=O) groups is 1. The van der Waals surface area contributed by atoms with Crippen molar-refractivity contribution < 1.29 is 18.7 Å². The highest BCUT2D eigenvalue weighted by molar-refractivity contribution is 6.37. The number of nitrogens with one attached hydrogen (secondary N) is 1. The van der Waals surface area contributed by atoms with Crippen LogP contribution < -0.4 is 25.5 Å². The predicted molar refractivity (Wildman–Crippen MR) is 174 cm³/mol. The van der Waals surface area contributed by atoms with E-state index in [2.05, 4.69) is 24.8 Å². The number of hydrogen-bond acceptors (Lipinski definition) is 7. The van der Waals surface area contributed by atoms with Crippen LogP contribution in [-0.4, -0.2) is 26.2 Å². The highest BCUT2D eigenvalue weighted by atomic mass is 35.5. The van der Waals surface area contributed by atoms with Crippen LogP contribution in [0.2, 0.25) is 10.0 Å². The largest absolute Gasteiger partial charge is 0.496 e. The third-order valence-electron chi connectivity index (χ3n) is 7.42. The molecule has 0 saturated carbocycles. The molecule has 3 aromatic carbocycles. The van der Waals surface area contributed by atoms with Gasteiger partial charge >= 0.3 is 5.97 Å². The highest BCUT2D eigenvalue weighted by Gasteiger charge is 2.22. The molecule has 1 aliphatic carbocycles. The maximum atomic E-state index is 12.6. The molecule has 0 unspecified atom stereocenters. The van der Waals surface area contributed by atoms with Gasteiger partial charge in [-0.25, -0.2) is 0 Å². The van der Waals surface area contributed by atoms with Crippen LogP contribution in [0.5, 0.6) is 11.5 Å². The van der Waals surface area contributed by atoms with Gasteiger partial charge in [-0.15, -0.1) is 0 Å². The summed E-state index contributed by atoms with van der Waals surface area (Å²) in [5.74, 6) is 1.10. The van der Waals surface area contributed by atoms with Crippen molar-refractivity contribution in [1.82, 2.24) is 0 Å². The van der Waals surface area contributed by atoms with E-state index in [1.54, 1.807) is 37.4 Å². The Bertz CT molecular complexity index is 1840. The summed E-state index contributed by atoms with van der Waals surface area (Å²) in [6.07, 6.45) is 0.779. The van der Waals surface area contributed by atoms with Gasteiger partial charge in [0.25, 0.3) is 0 Å². The molecule has 0 aromatic heterocycles. The summed E-state index contributed by atoms with van der Waals surface area (Å²) >= 11 is 12.5. The number of anilines is 2. The van der Waals surface area contributed by atoms with Crippen molar-refractivity contribution in [1.29, 1.82) is 5.41 Å². The zero-order chi connectivity index (χ0) is 30.8. The number of fused-ring (bicyclic) bond motifs is 2. The fourth-order valence-electron chi connectivity index (χ4n) is 5.39. The van der Waals surface area contributed by atoms with E-state index in [-0.39, 0.29) is 12.2 Å². The summed E-state index contributed by atoms with van der Waals surface area (Å²) in [6.45, 7) is 7.37. The normalized spacial score (nSPS) is 11.2. The van der Waals surface area contributed by atoms with Crippen LogP contribution >= 0.6 is 23.2 Å². The molecule has 0 amide bonds. The zero-order valence-corrected chi connectivity index (χ0v) is 26.0. The lowest BCUT2D eigenvalue weighted by atomic mass is 9.91. The second-order valence-electron chi connectivity index (χ2n) is 10.5. The number of benzene rings is 4. The molecule has 0 fully saturated rings. The summed E-state index contributed by atoms with van der Waals surface area (Å²) in [5, 5.41) is 10.00. The topological polar surface area (TPSA) is 102 Å². The molecular weight excluding hydrogens is 585 g/mol. The second-order valence-corrected chi connectivity index (χ2v) is 11.3. The highest BCUT2D eigenvalue weighted by Crippen LogP contribution is 2.45. The monoisotopic (exact) mass is 617 g/mol. The van der Waals surface area contributed by atoms with Gasteiger partial charge in [-0.3, -0.25) is 4.79 Å². The van der Waals surface area contributed by atoms with Gasteiger partial charge in [0.15, 0.2) is 5.75 Å². The van der Waals surface area contributed by atoms with Crippen LogP contribution in [0.4, 0.5) is 11.4 Å². The Kier molecular flexibility index (Phi) is 8.85. The number of nitrogens with zero attached hydrogens (tertiary/aromatic N) is 1. The van der Waals surface area contributed by atoms with Crippen molar-refractivity contribution in [3.05, 3.63) is 87.2 Å². The molecule has 9 heteroatoms. The van der Waals surface area contributed by atoms with Crippen molar-refractivity contribution >= 4 is 51.5 Å². The zero-order valence-electron chi connectivity index (χ0n) is 24.5. The predicted octanol–water partition coefficient (Wildman–Crippen LogP) is 8.41. The molecule has 2 aliphatic rings. The second kappa shape index (κ2) is 12.6. The lowest BCUT2D eigenvalue weighted by Gasteiger charge is -2.27. The number of nitrogens with two attached hydrogens (primary N) is 1. The van der Waals surface area contributed by atoms with E-state index in [1.165, 1.54) is 0 Å². The van der Waals surface area contributed by atoms with Gasteiger partial charge in [0.1, 0.15) is 17.1 Å². The first kappa shape index (κ1) is 30.3. The fourth-order valence-corrected chi connectivity index (χ4v) is 6.06. The third kappa shape index (κ3) is 6.28. The van der Waals surface area contributed by atoms with Crippen LogP contribution in [0, 0.1) is 19.3 Å². The first-order valence-electron chi connectivity index (χ1n) is 14.0. The molecule has 3 N–H and O–H groups in total. The quantitative estimate of drug-likeness (QED) is 0.0745. The minimum Gasteiger partial charge on any atom is -0.496 e. The van der Waals surface area contributed by atoms with Crippen molar-refractivity contribution in [2.75, 3.05) is 30.8 Å². The molecule has 43 heavy (non-hydrogen) atoms. The summed E-state index contributed by atoms with van der Waals surface area (Å²) in [7, 11) is 1.66. The minimum absolute atomic E-state index is 0.192. The Balaban J connectivity index is 1.44. The van der Waals surface area contributed by atoms with Gasteiger partial charge in [0, 0.05) is 71.2 Å². The van der Waals surface area contributed by atoms with Gasteiger partial charge in [0.2, 0.25) is 0 Å². The lowest BCUT2D eigenvalue weighted by Crippen LogP contribution is -2.25. The maximum absolute atomic E-state index is 12.6. The summed E-state index contributed by atoms with van der Waals surface area (Å²) < 4.78 is 17.6. The van der Waals surface area contributed by atoms with E-state index in [0.29, 0.717) is 51.1 Å². The molecule has 3 aromatic rings.